The SMILES string of the molecule is COc1ccc(OC2CCN(C(=N)/C(C)=C(/C)c3ncc(C)[nH]3)CC2)cn1. The van der Waals surface area contributed by atoms with E-state index in [9.17, 15) is 0 Å². The number of methoxy groups -OCH3 is 1. The van der Waals surface area contributed by atoms with Crippen LogP contribution in [-0.4, -0.2) is 52.0 Å². The van der Waals surface area contributed by atoms with Crippen molar-refractivity contribution in [3.8, 4) is 11.6 Å². The largest absolute Gasteiger partial charge is 0.489 e. The molecule has 144 valence electrons. The fraction of sp³-hybridized carbons (Fsp3) is 0.450. The summed E-state index contributed by atoms with van der Waals surface area (Å²) in [7, 11) is 1.60. The molecule has 3 heterocycles. The molecule has 0 unspecified atom stereocenters. The van der Waals surface area contributed by atoms with E-state index in [0.717, 1.165) is 54.3 Å². The van der Waals surface area contributed by atoms with Gasteiger partial charge in [-0.2, -0.15) is 0 Å². The molecule has 0 amide bonds. The van der Waals surface area contributed by atoms with Crippen molar-refractivity contribution in [1.82, 2.24) is 19.9 Å². The van der Waals surface area contributed by atoms with Gasteiger partial charge in [0.05, 0.1) is 13.3 Å². The lowest BCUT2D eigenvalue weighted by molar-refractivity contribution is 0.130. The average Bonchev–Trinajstić information content (AvgIpc) is 3.14. The van der Waals surface area contributed by atoms with Crippen LogP contribution >= 0.6 is 0 Å². The van der Waals surface area contributed by atoms with Gasteiger partial charge in [-0.05, 0) is 38.0 Å². The van der Waals surface area contributed by atoms with E-state index in [1.807, 2.05) is 33.0 Å². The number of imidazole rings is 1. The Hall–Kier alpha value is -2.83. The van der Waals surface area contributed by atoms with Gasteiger partial charge in [-0.1, -0.05) is 0 Å². The molecular formula is C20H27N5O2. The van der Waals surface area contributed by atoms with Crippen molar-refractivity contribution < 1.29 is 9.47 Å². The Morgan fingerprint density at radius 2 is 1.93 bits per heavy atom. The Balaban J connectivity index is 1.57. The lowest BCUT2D eigenvalue weighted by Crippen LogP contribution is -2.42. The molecule has 7 heteroatoms. The molecule has 0 atom stereocenters. The van der Waals surface area contributed by atoms with Crippen LogP contribution in [0.25, 0.3) is 5.57 Å². The van der Waals surface area contributed by atoms with Crippen LogP contribution in [0.15, 0.2) is 30.1 Å². The molecule has 2 N–H and O–H groups in total. The number of hydrogen-bond acceptors (Lipinski definition) is 5. The topological polar surface area (TPSA) is 87.1 Å². The highest BCUT2D eigenvalue weighted by atomic mass is 16.5. The van der Waals surface area contributed by atoms with E-state index in [0.29, 0.717) is 11.7 Å². The number of allylic oxidation sites excluding steroid dienone is 1. The van der Waals surface area contributed by atoms with Crippen molar-refractivity contribution in [2.24, 2.45) is 0 Å². The second-order valence-corrected chi connectivity index (χ2v) is 6.85. The summed E-state index contributed by atoms with van der Waals surface area (Å²) in [6.07, 6.45) is 5.39. The van der Waals surface area contributed by atoms with Crippen LogP contribution in [0.2, 0.25) is 0 Å². The zero-order valence-corrected chi connectivity index (χ0v) is 16.4. The van der Waals surface area contributed by atoms with Gasteiger partial charge in [0.1, 0.15) is 23.5 Å². The first-order valence-corrected chi connectivity index (χ1v) is 9.18. The van der Waals surface area contributed by atoms with Crippen LogP contribution in [0.5, 0.6) is 11.6 Å². The highest BCUT2D eigenvalue weighted by molar-refractivity contribution is 6.01. The molecule has 1 aliphatic rings. The highest BCUT2D eigenvalue weighted by Crippen LogP contribution is 2.23. The molecule has 0 spiro atoms. The molecule has 1 saturated heterocycles. The predicted octanol–water partition coefficient (Wildman–Crippen LogP) is 3.44. The monoisotopic (exact) mass is 369 g/mol. The number of amidine groups is 1. The van der Waals surface area contributed by atoms with Gasteiger partial charge >= 0.3 is 0 Å². The zero-order chi connectivity index (χ0) is 19.4. The van der Waals surface area contributed by atoms with Gasteiger partial charge in [-0.25, -0.2) is 9.97 Å². The van der Waals surface area contributed by atoms with Gasteiger partial charge in [0, 0.05) is 43.9 Å². The summed E-state index contributed by atoms with van der Waals surface area (Å²) in [5, 5.41) is 8.57. The molecular weight excluding hydrogens is 342 g/mol. The molecule has 3 rings (SSSR count). The molecule has 0 aliphatic carbocycles. The van der Waals surface area contributed by atoms with Crippen LogP contribution in [0.3, 0.4) is 0 Å². The lowest BCUT2D eigenvalue weighted by Gasteiger charge is -2.34. The molecule has 1 aliphatic heterocycles. The molecule has 0 aromatic carbocycles. The van der Waals surface area contributed by atoms with E-state index in [-0.39, 0.29) is 6.10 Å². The molecule has 27 heavy (non-hydrogen) atoms. The Morgan fingerprint density at radius 1 is 1.19 bits per heavy atom. The van der Waals surface area contributed by atoms with Gasteiger partial charge in [0.25, 0.3) is 0 Å². The number of piperidine rings is 1. The van der Waals surface area contributed by atoms with Gasteiger partial charge in [-0.3, -0.25) is 5.41 Å². The number of pyridine rings is 1. The fourth-order valence-electron chi connectivity index (χ4n) is 3.14. The second-order valence-electron chi connectivity index (χ2n) is 6.85. The summed E-state index contributed by atoms with van der Waals surface area (Å²) < 4.78 is 11.1. The van der Waals surface area contributed by atoms with Gasteiger partial charge in [0.15, 0.2) is 0 Å². The van der Waals surface area contributed by atoms with Crippen LogP contribution in [-0.2, 0) is 0 Å². The van der Waals surface area contributed by atoms with E-state index in [1.54, 1.807) is 19.4 Å². The maximum Gasteiger partial charge on any atom is 0.213 e. The predicted molar refractivity (Wildman–Crippen MR) is 105 cm³/mol. The number of rotatable bonds is 5. The number of ether oxygens (including phenoxy) is 2. The number of H-pyrrole nitrogens is 1. The Kier molecular flexibility index (Phi) is 5.78. The van der Waals surface area contributed by atoms with Crippen molar-refractivity contribution in [1.29, 1.82) is 5.41 Å². The highest BCUT2D eigenvalue weighted by Gasteiger charge is 2.24. The van der Waals surface area contributed by atoms with E-state index < -0.39 is 0 Å². The number of nitrogens with zero attached hydrogens (tertiary/aromatic N) is 3. The van der Waals surface area contributed by atoms with Crippen molar-refractivity contribution in [3.05, 3.63) is 41.6 Å². The second kappa shape index (κ2) is 8.24. The minimum absolute atomic E-state index is 0.141. The molecule has 0 bridgehead atoms. The molecule has 2 aromatic heterocycles. The molecule has 1 fully saturated rings. The smallest absolute Gasteiger partial charge is 0.213 e. The van der Waals surface area contributed by atoms with E-state index >= 15 is 0 Å². The third-order valence-electron chi connectivity index (χ3n) is 4.96. The Bertz CT molecular complexity index is 817. The molecule has 0 saturated carbocycles. The minimum atomic E-state index is 0.141. The van der Waals surface area contributed by atoms with Gasteiger partial charge in [0.2, 0.25) is 5.88 Å². The number of aromatic nitrogens is 3. The molecule has 2 aromatic rings. The minimum Gasteiger partial charge on any atom is -0.489 e. The summed E-state index contributed by atoms with van der Waals surface area (Å²) >= 11 is 0. The lowest BCUT2D eigenvalue weighted by atomic mass is 10.0. The zero-order valence-electron chi connectivity index (χ0n) is 16.4. The number of hydrogen-bond donors (Lipinski definition) is 2. The van der Waals surface area contributed by atoms with Crippen LogP contribution < -0.4 is 9.47 Å². The average molecular weight is 369 g/mol. The van der Waals surface area contributed by atoms with Crippen molar-refractivity contribution in [2.45, 2.75) is 39.7 Å². The van der Waals surface area contributed by atoms with Gasteiger partial charge < -0.3 is 19.4 Å². The van der Waals surface area contributed by atoms with Crippen molar-refractivity contribution in [3.63, 3.8) is 0 Å². The van der Waals surface area contributed by atoms with Crippen molar-refractivity contribution in [2.75, 3.05) is 20.2 Å². The quantitative estimate of drug-likeness (QED) is 0.623. The number of aromatic amines is 1. The number of aryl methyl sites for hydroxylation is 1. The summed E-state index contributed by atoms with van der Waals surface area (Å²) in [5.74, 6) is 2.73. The fourth-order valence-corrected chi connectivity index (χ4v) is 3.14. The maximum absolute atomic E-state index is 8.57. The third kappa shape index (κ3) is 4.48. The summed E-state index contributed by atoms with van der Waals surface area (Å²) in [4.78, 5) is 13.9. The normalized spacial score (nSPS) is 16.1. The van der Waals surface area contributed by atoms with Crippen LogP contribution in [0, 0.1) is 12.3 Å². The standard InChI is InChI=1S/C20H27N5O2/c1-13-11-23-20(24-13)15(3)14(2)19(21)25-9-7-16(8-10-25)27-17-5-6-18(26-4)22-12-17/h5-6,11-12,16,21H,7-10H2,1-4H3,(H,23,24)/b15-14-,21-19?. The first kappa shape index (κ1) is 18.9. The first-order valence-electron chi connectivity index (χ1n) is 9.18. The summed E-state index contributed by atoms with van der Waals surface area (Å²) in [6, 6.07) is 3.68. The summed E-state index contributed by atoms with van der Waals surface area (Å²) in [5.41, 5.74) is 2.98. The van der Waals surface area contributed by atoms with Crippen molar-refractivity contribution >= 4 is 11.4 Å². The first-order chi connectivity index (χ1) is 13.0. The van der Waals surface area contributed by atoms with E-state index in [4.69, 9.17) is 14.9 Å². The summed E-state index contributed by atoms with van der Waals surface area (Å²) in [6.45, 7) is 7.58. The van der Waals surface area contributed by atoms with E-state index in [1.165, 1.54) is 0 Å². The number of nitrogens with one attached hydrogen (secondary N) is 2. The number of likely N-dealkylation sites (tertiary alicyclic amines) is 1. The maximum atomic E-state index is 8.57. The third-order valence-corrected chi connectivity index (χ3v) is 4.96. The van der Waals surface area contributed by atoms with Gasteiger partial charge in [-0.15, -0.1) is 0 Å². The Labute approximate surface area is 159 Å². The Morgan fingerprint density at radius 3 is 2.48 bits per heavy atom. The molecule has 7 nitrogen and oxygen atoms in total. The van der Waals surface area contributed by atoms with Crippen LogP contribution in [0.1, 0.15) is 38.2 Å². The molecule has 0 radical (unpaired) electrons. The van der Waals surface area contributed by atoms with E-state index in [2.05, 4.69) is 19.9 Å². The van der Waals surface area contributed by atoms with Crippen LogP contribution in [0.4, 0.5) is 0 Å².